The van der Waals surface area contributed by atoms with E-state index in [0.717, 1.165) is 0 Å². The van der Waals surface area contributed by atoms with Gasteiger partial charge in [0.2, 0.25) is 0 Å². The fraction of sp³-hybridized carbons (Fsp3) is 0. The average Bonchev–Trinajstić information content (AvgIpc) is 0.918. The molecule has 0 amide bonds. The van der Waals surface area contributed by atoms with E-state index in [1.54, 1.807) is 0 Å². The first-order chi connectivity index (χ1) is 1.41. The summed E-state index contributed by atoms with van der Waals surface area (Å²) in [5.74, 6) is 0. The minimum Gasteiger partial charge on any atom is -0.307 e. The Morgan fingerprint density at radius 2 is 1.00 bits per heavy atom. The third-order valence-electron chi connectivity index (χ3n) is 0. The van der Waals surface area contributed by atoms with Gasteiger partial charge in [-0.25, -0.2) is 0 Å². The van der Waals surface area contributed by atoms with Gasteiger partial charge in [-0.05, 0) is 0 Å². The minimum absolute atomic E-state index is 0. The van der Waals surface area contributed by atoms with E-state index in [4.69, 9.17) is 9.11 Å². The molecule has 2 radical (unpaired) electrons. The second kappa shape index (κ2) is 15.9. The number of rotatable bonds is 0. The van der Waals surface area contributed by atoms with Crippen LogP contribution < -0.4 is 0 Å². The Bertz CT molecular complexity index is 7.61. The quantitative estimate of drug-likeness (QED) is 0.571. The van der Waals surface area contributed by atoms with Crippen molar-refractivity contribution in [3.63, 3.8) is 0 Å². The first kappa shape index (κ1) is 15.6. The molecular formula is H2Lu2O2S. The predicted molar refractivity (Wildman–Crippen MR) is 12.8 cm³/mol. The predicted octanol–water partition coefficient (Wildman–Crippen LogP) is 0.666. The van der Waals surface area contributed by atoms with Gasteiger partial charge in [-0.3, -0.25) is 0 Å². The van der Waals surface area contributed by atoms with Crippen LogP contribution in [0.15, 0.2) is 0 Å². The first-order valence-corrected chi connectivity index (χ1v) is 1.10. The summed E-state index contributed by atoms with van der Waals surface area (Å²) in [5.41, 5.74) is 0. The van der Waals surface area contributed by atoms with Crippen molar-refractivity contribution in [3.8, 4) is 0 Å². The molecule has 0 atom stereocenters. The van der Waals surface area contributed by atoms with Crippen LogP contribution in [0.5, 0.6) is 0 Å². The second-order valence-corrected chi connectivity index (χ2v) is 0.245. The Labute approximate surface area is 93.1 Å². The van der Waals surface area contributed by atoms with E-state index in [9.17, 15) is 0 Å². The normalized spacial score (nSPS) is 3.60. The largest absolute Gasteiger partial charge is 0.307 e. The van der Waals surface area contributed by atoms with E-state index in [2.05, 4.69) is 0 Å². The van der Waals surface area contributed by atoms with E-state index in [1.807, 2.05) is 0 Å². The smallest absolute Gasteiger partial charge is 0.152 e. The summed E-state index contributed by atoms with van der Waals surface area (Å²) in [5, 5.41) is 0. The Morgan fingerprint density at radius 3 is 1.00 bits per heavy atom. The summed E-state index contributed by atoms with van der Waals surface area (Å²) in [4.78, 5) is 0. The average molecular weight is 416 g/mol. The molecule has 0 aromatic heterocycles. The monoisotopic (exact) mass is 416 g/mol. The molecule has 50 valence electrons. The second-order valence-electron chi connectivity index (χ2n) is 0.0816. The van der Waals surface area contributed by atoms with Gasteiger partial charge < -0.3 is 9.11 Å². The molecule has 0 aromatic carbocycles. The summed E-state index contributed by atoms with van der Waals surface area (Å²) < 4.78 is 14.1. The molecule has 0 aliphatic heterocycles. The maximum Gasteiger partial charge on any atom is 0.152 e. The summed E-state index contributed by atoms with van der Waals surface area (Å²) >= 11 is -0.250. The fourth-order valence-electron chi connectivity index (χ4n) is 0. The molecule has 0 saturated heterocycles. The van der Waals surface area contributed by atoms with E-state index >= 15 is 0 Å². The maximum absolute atomic E-state index is 7.04. The molecule has 0 aliphatic rings. The van der Waals surface area contributed by atoms with Crippen molar-refractivity contribution in [2.45, 2.75) is 0 Å². The van der Waals surface area contributed by atoms with Gasteiger partial charge in [-0.15, -0.1) is 0 Å². The van der Waals surface area contributed by atoms with Crippen LogP contribution in [0.1, 0.15) is 0 Å². The third-order valence-corrected chi connectivity index (χ3v) is 0. The van der Waals surface area contributed by atoms with Gasteiger partial charge in [0.15, 0.2) is 12.3 Å². The zero-order valence-corrected chi connectivity index (χ0v) is 5.95. The molecule has 0 unspecified atom stereocenters. The van der Waals surface area contributed by atoms with Crippen molar-refractivity contribution in [3.05, 3.63) is 0 Å². The molecule has 0 spiro atoms. The SMILES string of the molecule is OSO.[Lu].[Lu]. The maximum atomic E-state index is 7.04. The van der Waals surface area contributed by atoms with Crippen LogP contribution >= 0.6 is 12.3 Å². The Balaban J connectivity index is -0.0000000200. The molecule has 0 aromatic rings. The molecule has 0 fully saturated rings. The fourth-order valence-corrected chi connectivity index (χ4v) is 0. The van der Waals surface area contributed by atoms with Gasteiger partial charge in [0, 0.05) is 73.7 Å². The van der Waals surface area contributed by atoms with Crippen molar-refractivity contribution in [1.82, 2.24) is 0 Å². The van der Waals surface area contributed by atoms with Gasteiger partial charge >= 0.3 is 0 Å². The van der Waals surface area contributed by atoms with Crippen molar-refractivity contribution in [2.24, 2.45) is 0 Å². The van der Waals surface area contributed by atoms with Crippen LogP contribution in [0.4, 0.5) is 0 Å². The van der Waals surface area contributed by atoms with Gasteiger partial charge in [0.05, 0.1) is 0 Å². The standard InChI is InChI=1S/2Lu.H2O2S/c;;1-3-2/h;;1-2H. The van der Waals surface area contributed by atoms with Gasteiger partial charge in [-0.1, -0.05) is 0 Å². The van der Waals surface area contributed by atoms with Crippen molar-refractivity contribution in [1.29, 1.82) is 0 Å². The van der Waals surface area contributed by atoms with Crippen LogP contribution in [0.3, 0.4) is 0 Å². The molecule has 0 saturated carbocycles. The first-order valence-electron chi connectivity index (χ1n) is 0.365. The summed E-state index contributed by atoms with van der Waals surface area (Å²) in [7, 11) is 0. The van der Waals surface area contributed by atoms with Crippen LogP contribution in [-0.4, -0.2) is 9.11 Å². The van der Waals surface area contributed by atoms with Crippen molar-refractivity contribution >= 4 is 12.3 Å². The van der Waals surface area contributed by atoms with E-state index < -0.39 is 0 Å². The Hall–Kier alpha value is 2.74. The number of hydrogen-bond donors (Lipinski definition) is 2. The summed E-state index contributed by atoms with van der Waals surface area (Å²) in [6.07, 6.45) is 0. The van der Waals surface area contributed by atoms with Crippen LogP contribution in [0.2, 0.25) is 0 Å². The van der Waals surface area contributed by atoms with E-state index in [-0.39, 0.29) is 86.1 Å². The molecular weight excluding hydrogens is 414 g/mol. The van der Waals surface area contributed by atoms with Crippen molar-refractivity contribution < 1.29 is 82.9 Å². The molecule has 0 aliphatic carbocycles. The molecule has 5 heteroatoms. The molecule has 2 nitrogen and oxygen atoms in total. The molecule has 0 heterocycles. The molecule has 2 N–H and O–H groups in total. The van der Waals surface area contributed by atoms with Crippen LogP contribution in [0, 0.1) is 73.7 Å². The topological polar surface area (TPSA) is 40.5 Å². The number of hydrogen-bond acceptors (Lipinski definition) is 3. The zero-order valence-electron chi connectivity index (χ0n) is 1.82. The third kappa shape index (κ3) is 20.2. The summed E-state index contributed by atoms with van der Waals surface area (Å²) in [6.45, 7) is 0. The molecule has 0 rings (SSSR count). The molecule has 0 bridgehead atoms. The minimum atomic E-state index is -0.250. The Kier molecular flexibility index (Phi) is 49.7. The summed E-state index contributed by atoms with van der Waals surface area (Å²) in [6, 6.07) is 0. The zero-order chi connectivity index (χ0) is 2.71. The van der Waals surface area contributed by atoms with Gasteiger partial charge in [0.1, 0.15) is 0 Å². The van der Waals surface area contributed by atoms with E-state index in [1.165, 1.54) is 0 Å². The van der Waals surface area contributed by atoms with Crippen LogP contribution in [-0.2, 0) is 0 Å². The van der Waals surface area contributed by atoms with Crippen LogP contribution in [0.25, 0.3) is 0 Å². The van der Waals surface area contributed by atoms with Crippen molar-refractivity contribution in [2.75, 3.05) is 0 Å². The van der Waals surface area contributed by atoms with E-state index in [0.29, 0.717) is 0 Å². The van der Waals surface area contributed by atoms with Gasteiger partial charge in [0.25, 0.3) is 0 Å². The van der Waals surface area contributed by atoms with Gasteiger partial charge in [-0.2, -0.15) is 0 Å². The Morgan fingerprint density at radius 1 is 1.00 bits per heavy atom. The molecule has 5 heavy (non-hydrogen) atoms.